The van der Waals surface area contributed by atoms with E-state index in [1.165, 1.54) is 24.3 Å². The molecule has 0 heterocycles. The number of carbonyl (C=O) groups excluding carboxylic acids is 1. The van der Waals surface area contributed by atoms with Crippen molar-refractivity contribution in [3.63, 3.8) is 0 Å². The molecule has 0 unspecified atom stereocenters. The van der Waals surface area contributed by atoms with Crippen LogP contribution in [0.4, 0.5) is 29.3 Å². The predicted octanol–water partition coefficient (Wildman–Crippen LogP) is 6.30. The minimum atomic E-state index is -4.60. The van der Waals surface area contributed by atoms with Gasteiger partial charge in [0.15, 0.2) is 9.84 Å². The zero-order valence-corrected chi connectivity index (χ0v) is 22.3. The van der Waals surface area contributed by atoms with Crippen LogP contribution in [0.15, 0.2) is 102 Å². The van der Waals surface area contributed by atoms with E-state index in [2.05, 4.69) is 10.7 Å². The standard InChI is InChI=1S/C29H27F3N4O3S/c1-40(38,39)27-12-5-3-10-25(27)21-13-15-23(16-14-21)34-28(37)36(35-24-9-6-7-20(17-24)18-33)19-22-8-2-4-11-26(22)29(30,31)32/h2-17,35H,18-19,33H2,1H3,(H,34,37). The van der Waals surface area contributed by atoms with Gasteiger partial charge >= 0.3 is 12.2 Å². The maximum atomic E-state index is 13.7. The maximum Gasteiger partial charge on any atom is 0.416 e. The summed E-state index contributed by atoms with van der Waals surface area (Å²) in [5, 5.41) is 3.74. The number of hydrazine groups is 1. The highest BCUT2D eigenvalue weighted by Gasteiger charge is 2.33. The molecule has 40 heavy (non-hydrogen) atoms. The molecule has 0 bridgehead atoms. The summed E-state index contributed by atoms with van der Waals surface area (Å²) in [5.74, 6) is 0. The van der Waals surface area contributed by atoms with Crippen LogP contribution in [0.1, 0.15) is 16.7 Å². The number of nitrogens with two attached hydrogens (primary N) is 1. The first-order chi connectivity index (χ1) is 19.0. The van der Waals surface area contributed by atoms with Crippen LogP contribution >= 0.6 is 0 Å². The molecule has 4 aromatic carbocycles. The fourth-order valence-corrected chi connectivity index (χ4v) is 5.05. The Balaban J connectivity index is 1.61. The van der Waals surface area contributed by atoms with Crippen molar-refractivity contribution in [1.82, 2.24) is 5.01 Å². The third-order valence-corrected chi connectivity index (χ3v) is 7.21. The summed E-state index contributed by atoms with van der Waals surface area (Å²) < 4.78 is 65.4. The Kier molecular flexibility index (Phi) is 8.46. The molecule has 0 atom stereocenters. The van der Waals surface area contributed by atoms with Gasteiger partial charge in [-0.15, -0.1) is 0 Å². The monoisotopic (exact) mass is 568 g/mol. The van der Waals surface area contributed by atoms with E-state index in [1.54, 1.807) is 66.7 Å². The number of nitrogens with one attached hydrogen (secondary N) is 2. The third-order valence-electron chi connectivity index (χ3n) is 6.06. The van der Waals surface area contributed by atoms with Gasteiger partial charge in [0, 0.05) is 24.1 Å². The number of halogens is 3. The molecule has 0 fully saturated rings. The minimum absolute atomic E-state index is 0.0969. The topological polar surface area (TPSA) is 105 Å². The molecule has 0 aromatic heterocycles. The van der Waals surface area contributed by atoms with Crippen LogP contribution in [0, 0.1) is 0 Å². The molecule has 208 valence electrons. The van der Waals surface area contributed by atoms with E-state index in [0.717, 1.165) is 22.9 Å². The SMILES string of the molecule is CS(=O)(=O)c1ccccc1-c1ccc(NC(=O)N(Cc2ccccc2C(F)(F)F)Nc2cccc(CN)c2)cc1. The summed E-state index contributed by atoms with van der Waals surface area (Å²) in [6.07, 6.45) is -3.47. The normalized spacial score (nSPS) is 11.6. The van der Waals surface area contributed by atoms with Crippen LogP contribution in [0.2, 0.25) is 0 Å². The molecule has 11 heteroatoms. The second-order valence-electron chi connectivity index (χ2n) is 9.03. The van der Waals surface area contributed by atoms with E-state index >= 15 is 0 Å². The highest BCUT2D eigenvalue weighted by molar-refractivity contribution is 7.90. The Morgan fingerprint density at radius 2 is 1.55 bits per heavy atom. The summed E-state index contributed by atoms with van der Waals surface area (Å²) in [6, 6.07) is 24.3. The van der Waals surface area contributed by atoms with Gasteiger partial charge < -0.3 is 11.1 Å². The van der Waals surface area contributed by atoms with E-state index in [1.807, 2.05) is 0 Å². The van der Waals surface area contributed by atoms with Crippen LogP contribution in [0.25, 0.3) is 11.1 Å². The lowest BCUT2D eigenvalue weighted by Crippen LogP contribution is -2.39. The number of rotatable bonds is 8. The lowest BCUT2D eigenvalue weighted by Gasteiger charge is -2.26. The number of anilines is 2. The third kappa shape index (κ3) is 6.99. The molecular formula is C29H27F3N4O3S. The molecule has 0 saturated heterocycles. The number of amides is 2. The highest BCUT2D eigenvalue weighted by atomic mass is 32.2. The molecule has 0 aliphatic rings. The van der Waals surface area contributed by atoms with Crippen LogP contribution < -0.4 is 16.5 Å². The van der Waals surface area contributed by atoms with Crippen LogP contribution in [-0.4, -0.2) is 25.7 Å². The first-order valence-electron chi connectivity index (χ1n) is 12.1. The van der Waals surface area contributed by atoms with Gasteiger partial charge in [0.2, 0.25) is 0 Å². The fourth-order valence-electron chi connectivity index (χ4n) is 4.14. The average molecular weight is 569 g/mol. The van der Waals surface area contributed by atoms with Crippen molar-refractivity contribution >= 4 is 27.2 Å². The summed E-state index contributed by atoms with van der Waals surface area (Å²) in [4.78, 5) is 13.5. The molecule has 4 aromatic rings. The largest absolute Gasteiger partial charge is 0.416 e. The smallest absolute Gasteiger partial charge is 0.326 e. The molecule has 0 saturated carbocycles. The lowest BCUT2D eigenvalue weighted by atomic mass is 10.1. The van der Waals surface area contributed by atoms with Crippen LogP contribution in [0.3, 0.4) is 0 Å². The number of urea groups is 1. The van der Waals surface area contributed by atoms with Crippen molar-refractivity contribution in [3.05, 3.63) is 114 Å². The molecule has 0 aliphatic heterocycles. The Morgan fingerprint density at radius 1 is 0.875 bits per heavy atom. The Hall–Kier alpha value is -4.35. The molecule has 0 aliphatic carbocycles. The number of alkyl halides is 3. The van der Waals surface area contributed by atoms with E-state index in [9.17, 15) is 26.4 Å². The number of benzene rings is 4. The quantitative estimate of drug-likeness (QED) is 0.217. The summed E-state index contributed by atoms with van der Waals surface area (Å²) in [7, 11) is -3.47. The van der Waals surface area contributed by atoms with Crippen LogP contribution in [-0.2, 0) is 29.1 Å². The average Bonchev–Trinajstić information content (AvgIpc) is 2.92. The maximum absolute atomic E-state index is 13.7. The summed E-state index contributed by atoms with van der Waals surface area (Å²) in [6.45, 7) is -0.151. The van der Waals surface area contributed by atoms with Crippen molar-refractivity contribution < 1.29 is 26.4 Å². The lowest BCUT2D eigenvalue weighted by molar-refractivity contribution is -0.138. The fraction of sp³-hybridized carbons (Fsp3) is 0.138. The van der Waals surface area contributed by atoms with Gasteiger partial charge in [0.25, 0.3) is 0 Å². The van der Waals surface area contributed by atoms with E-state index < -0.39 is 34.2 Å². The van der Waals surface area contributed by atoms with E-state index in [-0.39, 0.29) is 17.0 Å². The number of hydrogen-bond acceptors (Lipinski definition) is 5. The summed E-state index contributed by atoms with van der Waals surface area (Å²) >= 11 is 0. The Morgan fingerprint density at radius 3 is 2.23 bits per heavy atom. The molecule has 0 radical (unpaired) electrons. The van der Waals surface area contributed by atoms with Gasteiger partial charge in [-0.25, -0.2) is 18.2 Å². The molecular weight excluding hydrogens is 541 g/mol. The Labute approximate surface area is 230 Å². The van der Waals surface area contributed by atoms with Gasteiger partial charge in [-0.3, -0.25) is 5.43 Å². The minimum Gasteiger partial charge on any atom is -0.326 e. The van der Waals surface area contributed by atoms with Gasteiger partial charge in [0.1, 0.15) is 0 Å². The van der Waals surface area contributed by atoms with Crippen LogP contribution in [0.5, 0.6) is 0 Å². The second-order valence-corrected chi connectivity index (χ2v) is 11.0. The van der Waals surface area contributed by atoms with Crippen molar-refractivity contribution in [1.29, 1.82) is 0 Å². The molecule has 7 nitrogen and oxygen atoms in total. The first kappa shape index (κ1) is 28.7. The Bertz CT molecular complexity index is 1610. The van der Waals surface area contributed by atoms with Crippen molar-refractivity contribution in [2.45, 2.75) is 24.2 Å². The predicted molar refractivity (Wildman–Crippen MR) is 149 cm³/mol. The molecule has 4 N–H and O–H groups in total. The van der Waals surface area contributed by atoms with Gasteiger partial charge in [0.05, 0.1) is 22.7 Å². The number of nitrogens with zero attached hydrogens (tertiary/aromatic N) is 1. The molecule has 2 amide bonds. The molecule has 0 spiro atoms. The number of sulfone groups is 1. The van der Waals surface area contributed by atoms with Gasteiger partial charge in [-0.05, 0) is 53.1 Å². The number of hydrogen-bond donors (Lipinski definition) is 3. The second kappa shape index (κ2) is 11.8. The number of carbonyl (C=O) groups is 1. The zero-order chi connectivity index (χ0) is 28.9. The first-order valence-corrected chi connectivity index (χ1v) is 14.0. The summed E-state index contributed by atoms with van der Waals surface area (Å²) in [5.41, 5.74) is 10.4. The van der Waals surface area contributed by atoms with Crippen molar-refractivity contribution in [2.24, 2.45) is 5.73 Å². The van der Waals surface area contributed by atoms with Gasteiger partial charge in [-0.2, -0.15) is 13.2 Å². The van der Waals surface area contributed by atoms with Gasteiger partial charge in [-0.1, -0.05) is 60.7 Å². The van der Waals surface area contributed by atoms with E-state index in [4.69, 9.17) is 5.73 Å². The highest BCUT2D eigenvalue weighted by Crippen LogP contribution is 2.33. The van der Waals surface area contributed by atoms with Crippen molar-refractivity contribution in [2.75, 3.05) is 17.0 Å². The zero-order valence-electron chi connectivity index (χ0n) is 21.4. The molecule has 4 rings (SSSR count). The van der Waals surface area contributed by atoms with Crippen molar-refractivity contribution in [3.8, 4) is 11.1 Å². The van der Waals surface area contributed by atoms with E-state index in [0.29, 0.717) is 22.5 Å².